The van der Waals surface area contributed by atoms with E-state index in [9.17, 15) is 17.2 Å². The third-order valence-electron chi connectivity index (χ3n) is 3.50. The molecule has 0 unspecified atom stereocenters. The third kappa shape index (κ3) is 3.03. The van der Waals surface area contributed by atoms with E-state index in [1.54, 1.807) is 35.0 Å². The van der Waals surface area contributed by atoms with Crippen molar-refractivity contribution in [1.29, 1.82) is 0 Å². The predicted molar refractivity (Wildman–Crippen MR) is 84.2 cm³/mol. The summed E-state index contributed by atoms with van der Waals surface area (Å²) < 4.78 is 51.7. The van der Waals surface area contributed by atoms with Gasteiger partial charge in [0, 0.05) is 18.5 Å². The van der Waals surface area contributed by atoms with Crippen LogP contribution in [-0.2, 0) is 9.84 Å². The Balaban J connectivity index is 2.08. The monoisotopic (exact) mass is 333 g/mol. The lowest BCUT2D eigenvalue weighted by Crippen LogP contribution is -2.00. The number of rotatable bonds is 3. The van der Waals surface area contributed by atoms with Crippen LogP contribution in [0.5, 0.6) is 0 Å². The Morgan fingerprint density at radius 3 is 2.26 bits per heavy atom. The lowest BCUT2D eigenvalue weighted by Gasteiger charge is -2.11. The quantitative estimate of drug-likeness (QED) is 0.731. The van der Waals surface area contributed by atoms with E-state index in [1.165, 1.54) is 24.3 Å². The van der Waals surface area contributed by atoms with Gasteiger partial charge in [-0.05, 0) is 42.0 Å². The summed E-state index contributed by atoms with van der Waals surface area (Å²) in [4.78, 5) is 0.215. The van der Waals surface area contributed by atoms with Gasteiger partial charge in [0.15, 0.2) is 9.84 Å². The van der Waals surface area contributed by atoms with Crippen molar-refractivity contribution in [3.05, 3.63) is 72.4 Å². The van der Waals surface area contributed by atoms with Crippen LogP contribution in [0.25, 0.3) is 16.9 Å². The number of nitrogens with zero attached hydrogens (tertiary/aromatic N) is 1. The number of hydrogen-bond acceptors (Lipinski definition) is 2. The number of sulfone groups is 1. The largest absolute Gasteiger partial charge is 0.314 e. The molecular formula is C17H13F2NO2S. The molecule has 118 valence electrons. The summed E-state index contributed by atoms with van der Waals surface area (Å²) >= 11 is 0. The highest BCUT2D eigenvalue weighted by Gasteiger charge is 2.12. The summed E-state index contributed by atoms with van der Waals surface area (Å²) in [6, 6.07) is 13.2. The fraction of sp³-hybridized carbons (Fsp3) is 0.0588. The second-order valence-electron chi connectivity index (χ2n) is 5.16. The number of halogens is 2. The van der Waals surface area contributed by atoms with Crippen molar-refractivity contribution in [1.82, 2.24) is 4.57 Å². The van der Waals surface area contributed by atoms with Crippen molar-refractivity contribution in [2.45, 2.75) is 4.90 Å². The van der Waals surface area contributed by atoms with Crippen LogP contribution in [0.3, 0.4) is 0 Å². The molecule has 0 aliphatic rings. The summed E-state index contributed by atoms with van der Waals surface area (Å²) in [5.74, 6) is -1.31. The van der Waals surface area contributed by atoms with Crippen molar-refractivity contribution < 1.29 is 17.2 Å². The molecule has 0 radical (unpaired) electrons. The zero-order valence-electron chi connectivity index (χ0n) is 12.2. The Hall–Kier alpha value is -2.47. The van der Waals surface area contributed by atoms with Gasteiger partial charge in [0.05, 0.1) is 16.3 Å². The molecule has 0 saturated heterocycles. The maximum absolute atomic E-state index is 14.0. The molecule has 0 spiro atoms. The molecule has 3 rings (SSSR count). The predicted octanol–water partition coefficient (Wildman–Crippen LogP) is 3.83. The molecule has 0 fully saturated rings. The van der Waals surface area contributed by atoms with Crippen molar-refractivity contribution in [3.63, 3.8) is 0 Å². The van der Waals surface area contributed by atoms with Gasteiger partial charge < -0.3 is 4.57 Å². The Bertz CT molecular complexity index is 961. The Morgan fingerprint density at radius 2 is 1.65 bits per heavy atom. The molecular weight excluding hydrogens is 320 g/mol. The molecule has 1 aromatic heterocycles. The van der Waals surface area contributed by atoms with Gasteiger partial charge in [-0.15, -0.1) is 0 Å². The van der Waals surface area contributed by atoms with Crippen LogP contribution >= 0.6 is 0 Å². The van der Waals surface area contributed by atoms with Gasteiger partial charge in [-0.1, -0.05) is 12.1 Å². The zero-order valence-corrected chi connectivity index (χ0v) is 13.0. The van der Waals surface area contributed by atoms with Crippen molar-refractivity contribution >= 4 is 9.84 Å². The minimum Gasteiger partial charge on any atom is -0.314 e. The average molecular weight is 333 g/mol. The fourth-order valence-electron chi connectivity index (χ4n) is 2.38. The molecule has 0 N–H and O–H groups in total. The van der Waals surface area contributed by atoms with E-state index in [4.69, 9.17) is 0 Å². The van der Waals surface area contributed by atoms with E-state index in [0.29, 0.717) is 5.69 Å². The Kier molecular flexibility index (Phi) is 3.77. The standard InChI is InChI=1S/C17H13F2NO2S/c1-23(21,22)14-7-4-12(5-8-14)16-3-2-10-20(16)17-9-6-13(18)11-15(17)19/h2-11H,1H3. The van der Waals surface area contributed by atoms with E-state index in [-0.39, 0.29) is 10.6 Å². The topological polar surface area (TPSA) is 39.1 Å². The second kappa shape index (κ2) is 5.62. The third-order valence-corrected chi connectivity index (χ3v) is 4.62. The molecule has 2 aromatic carbocycles. The summed E-state index contributed by atoms with van der Waals surface area (Å²) in [6.45, 7) is 0. The van der Waals surface area contributed by atoms with Crippen LogP contribution in [0.1, 0.15) is 0 Å². The highest BCUT2D eigenvalue weighted by Crippen LogP contribution is 2.26. The number of hydrogen-bond donors (Lipinski definition) is 0. The normalized spacial score (nSPS) is 11.6. The summed E-state index contributed by atoms with van der Waals surface area (Å²) in [5, 5.41) is 0. The average Bonchev–Trinajstić information content (AvgIpc) is 2.95. The molecule has 0 aliphatic carbocycles. The van der Waals surface area contributed by atoms with Crippen LogP contribution in [0.15, 0.2) is 65.7 Å². The molecule has 3 aromatic rings. The number of benzene rings is 2. The van der Waals surface area contributed by atoms with Crippen molar-refractivity contribution in [3.8, 4) is 16.9 Å². The minimum atomic E-state index is -3.27. The lowest BCUT2D eigenvalue weighted by atomic mass is 10.1. The van der Waals surface area contributed by atoms with E-state index in [2.05, 4.69) is 0 Å². The Morgan fingerprint density at radius 1 is 0.957 bits per heavy atom. The van der Waals surface area contributed by atoms with Gasteiger partial charge in [-0.25, -0.2) is 17.2 Å². The van der Waals surface area contributed by atoms with Gasteiger partial charge in [-0.3, -0.25) is 0 Å². The molecule has 0 saturated carbocycles. The minimum absolute atomic E-state index is 0.215. The first-order valence-electron chi connectivity index (χ1n) is 6.79. The molecule has 0 bridgehead atoms. The van der Waals surface area contributed by atoms with Gasteiger partial charge in [0.25, 0.3) is 0 Å². The number of aromatic nitrogens is 1. The summed E-state index contributed by atoms with van der Waals surface area (Å²) in [5.41, 5.74) is 1.63. The molecule has 0 atom stereocenters. The van der Waals surface area contributed by atoms with Crippen LogP contribution in [0.2, 0.25) is 0 Å². The van der Waals surface area contributed by atoms with E-state index >= 15 is 0 Å². The molecule has 3 nitrogen and oxygen atoms in total. The lowest BCUT2D eigenvalue weighted by molar-refractivity contribution is 0.578. The first kappa shape index (κ1) is 15.4. The Labute approximate surface area is 132 Å². The molecule has 0 aliphatic heterocycles. The molecule has 0 amide bonds. The van der Waals surface area contributed by atoms with E-state index < -0.39 is 21.5 Å². The fourth-order valence-corrected chi connectivity index (χ4v) is 3.01. The highest BCUT2D eigenvalue weighted by atomic mass is 32.2. The van der Waals surface area contributed by atoms with Gasteiger partial charge in [-0.2, -0.15) is 0 Å². The first-order valence-corrected chi connectivity index (χ1v) is 8.69. The molecule has 1 heterocycles. The van der Waals surface area contributed by atoms with Crippen LogP contribution < -0.4 is 0 Å². The maximum atomic E-state index is 14.0. The second-order valence-corrected chi connectivity index (χ2v) is 7.17. The van der Waals surface area contributed by atoms with Gasteiger partial charge in [0.2, 0.25) is 0 Å². The summed E-state index contributed by atoms with van der Waals surface area (Å²) in [6.07, 6.45) is 2.80. The first-order chi connectivity index (χ1) is 10.9. The van der Waals surface area contributed by atoms with E-state index in [0.717, 1.165) is 17.9 Å². The molecule has 23 heavy (non-hydrogen) atoms. The molecule has 6 heteroatoms. The van der Waals surface area contributed by atoms with Gasteiger partial charge in [0.1, 0.15) is 11.6 Å². The zero-order chi connectivity index (χ0) is 16.6. The van der Waals surface area contributed by atoms with Gasteiger partial charge >= 0.3 is 0 Å². The van der Waals surface area contributed by atoms with Crippen molar-refractivity contribution in [2.75, 3.05) is 6.26 Å². The smallest absolute Gasteiger partial charge is 0.175 e. The maximum Gasteiger partial charge on any atom is 0.175 e. The highest BCUT2D eigenvalue weighted by molar-refractivity contribution is 7.90. The van der Waals surface area contributed by atoms with Crippen LogP contribution in [0.4, 0.5) is 8.78 Å². The SMILES string of the molecule is CS(=O)(=O)c1ccc(-c2cccn2-c2ccc(F)cc2F)cc1. The summed E-state index contributed by atoms with van der Waals surface area (Å²) in [7, 11) is -3.27. The van der Waals surface area contributed by atoms with Crippen molar-refractivity contribution in [2.24, 2.45) is 0 Å². The van der Waals surface area contributed by atoms with Crippen LogP contribution in [0, 0.1) is 11.6 Å². The van der Waals surface area contributed by atoms with E-state index in [1.807, 2.05) is 0 Å². The van der Waals surface area contributed by atoms with Crippen LogP contribution in [-0.4, -0.2) is 19.2 Å².